The average molecular weight is 289 g/mol. The average Bonchev–Trinajstić information content (AvgIpc) is 2.92. The quantitative estimate of drug-likeness (QED) is 0.907. The summed E-state index contributed by atoms with van der Waals surface area (Å²) in [4.78, 5) is 7.28. The molecule has 1 aromatic rings. The molecule has 2 aliphatic rings. The molecule has 4 heteroatoms. The zero-order chi connectivity index (χ0) is 13.9. The van der Waals surface area contributed by atoms with Crippen LogP contribution in [0.5, 0.6) is 0 Å². The molecule has 0 aromatic heterocycles. The molecule has 3 atom stereocenters. The van der Waals surface area contributed by atoms with Crippen molar-refractivity contribution in [1.29, 1.82) is 0 Å². The normalized spacial score (nSPS) is 31.1. The molecule has 2 heterocycles. The van der Waals surface area contributed by atoms with Gasteiger partial charge >= 0.3 is 0 Å². The number of nitrogens with one attached hydrogen (secondary N) is 1. The smallest absolute Gasteiger partial charge is 0.157 e. The molecule has 3 rings (SSSR count). The van der Waals surface area contributed by atoms with Gasteiger partial charge in [-0.1, -0.05) is 49.0 Å². The Balaban J connectivity index is 1.61. The van der Waals surface area contributed by atoms with Gasteiger partial charge in [0.15, 0.2) is 5.17 Å². The Kier molecular flexibility index (Phi) is 4.32. The summed E-state index contributed by atoms with van der Waals surface area (Å²) in [6.45, 7) is 4.70. The summed E-state index contributed by atoms with van der Waals surface area (Å²) >= 11 is 1.87. The standard InChI is InChI=1S/C16H23N3S/c1-12-10-19(2)9-8-14(12)17-16-18-15(11-20-16)13-6-4-3-5-7-13/h3-7,12,14-15H,8-11H2,1-2H3,(H,17,18). The van der Waals surface area contributed by atoms with Gasteiger partial charge in [0.25, 0.3) is 0 Å². The summed E-state index contributed by atoms with van der Waals surface area (Å²) in [5, 5.41) is 4.81. The molecule has 1 fully saturated rings. The van der Waals surface area contributed by atoms with E-state index in [1.54, 1.807) is 0 Å². The fourth-order valence-electron chi connectivity index (χ4n) is 3.03. The molecule has 0 amide bonds. The second-order valence-electron chi connectivity index (χ2n) is 5.95. The number of piperidine rings is 1. The first-order chi connectivity index (χ1) is 9.72. The van der Waals surface area contributed by atoms with Gasteiger partial charge in [0.1, 0.15) is 0 Å². The van der Waals surface area contributed by atoms with Crippen LogP contribution in [0.3, 0.4) is 0 Å². The number of thioether (sulfide) groups is 1. The van der Waals surface area contributed by atoms with Crippen LogP contribution in [0.15, 0.2) is 35.3 Å². The van der Waals surface area contributed by atoms with Crippen molar-refractivity contribution in [2.45, 2.75) is 25.4 Å². The highest BCUT2D eigenvalue weighted by Gasteiger charge is 2.27. The van der Waals surface area contributed by atoms with Gasteiger partial charge in [-0.25, -0.2) is 0 Å². The Morgan fingerprint density at radius 2 is 2.10 bits per heavy atom. The van der Waals surface area contributed by atoms with Crippen LogP contribution < -0.4 is 5.32 Å². The predicted octanol–water partition coefficient (Wildman–Crippen LogP) is 2.76. The summed E-state index contributed by atoms with van der Waals surface area (Å²) in [6, 6.07) is 11.5. The van der Waals surface area contributed by atoms with Gasteiger partial charge < -0.3 is 10.2 Å². The lowest BCUT2D eigenvalue weighted by Gasteiger charge is -2.35. The number of rotatable bonds is 2. The van der Waals surface area contributed by atoms with Crippen LogP contribution in [0.4, 0.5) is 0 Å². The van der Waals surface area contributed by atoms with E-state index < -0.39 is 0 Å². The van der Waals surface area contributed by atoms with Crippen LogP contribution in [0.2, 0.25) is 0 Å². The molecule has 1 aromatic carbocycles. The van der Waals surface area contributed by atoms with E-state index in [4.69, 9.17) is 4.99 Å². The Hall–Kier alpha value is -1.00. The minimum atomic E-state index is 0.324. The summed E-state index contributed by atoms with van der Waals surface area (Å²) in [6.07, 6.45) is 1.22. The molecule has 0 saturated carbocycles. The van der Waals surface area contributed by atoms with Crippen molar-refractivity contribution in [1.82, 2.24) is 10.2 Å². The summed E-state index contributed by atoms with van der Waals surface area (Å²) in [7, 11) is 2.21. The van der Waals surface area contributed by atoms with Crippen molar-refractivity contribution in [3.63, 3.8) is 0 Å². The van der Waals surface area contributed by atoms with E-state index >= 15 is 0 Å². The molecule has 3 nitrogen and oxygen atoms in total. The maximum Gasteiger partial charge on any atom is 0.157 e. The molecule has 0 spiro atoms. The molecule has 20 heavy (non-hydrogen) atoms. The van der Waals surface area contributed by atoms with Crippen LogP contribution in [0.25, 0.3) is 0 Å². The molecular weight excluding hydrogens is 266 g/mol. The molecule has 1 saturated heterocycles. The lowest BCUT2D eigenvalue weighted by molar-refractivity contribution is 0.187. The number of nitrogens with zero attached hydrogens (tertiary/aromatic N) is 2. The number of hydrogen-bond donors (Lipinski definition) is 1. The molecule has 108 valence electrons. The van der Waals surface area contributed by atoms with E-state index in [1.165, 1.54) is 25.1 Å². The second kappa shape index (κ2) is 6.19. The Bertz CT molecular complexity index is 474. The van der Waals surface area contributed by atoms with Crippen molar-refractivity contribution in [3.05, 3.63) is 35.9 Å². The maximum absolute atomic E-state index is 4.86. The molecular formula is C16H23N3S. The Morgan fingerprint density at radius 3 is 2.85 bits per heavy atom. The van der Waals surface area contributed by atoms with Gasteiger partial charge in [-0.2, -0.15) is 0 Å². The second-order valence-corrected chi connectivity index (χ2v) is 6.96. The highest BCUT2D eigenvalue weighted by Crippen LogP contribution is 2.30. The van der Waals surface area contributed by atoms with Crippen LogP contribution in [-0.4, -0.2) is 42.0 Å². The Labute approximate surface area is 125 Å². The SMILES string of the molecule is CC1CN(C)CCC1NC1=NC(c2ccccc2)CS1. The minimum Gasteiger partial charge on any atom is -0.362 e. The van der Waals surface area contributed by atoms with Crippen LogP contribution in [0.1, 0.15) is 24.9 Å². The molecule has 2 aliphatic heterocycles. The zero-order valence-corrected chi connectivity index (χ0v) is 13.1. The largest absolute Gasteiger partial charge is 0.362 e. The zero-order valence-electron chi connectivity index (χ0n) is 12.2. The van der Waals surface area contributed by atoms with E-state index in [-0.39, 0.29) is 0 Å². The van der Waals surface area contributed by atoms with Crippen molar-refractivity contribution in [3.8, 4) is 0 Å². The van der Waals surface area contributed by atoms with Crippen molar-refractivity contribution in [2.75, 3.05) is 25.9 Å². The molecule has 0 bridgehead atoms. The fourth-order valence-corrected chi connectivity index (χ4v) is 4.05. The number of hydrogen-bond acceptors (Lipinski definition) is 4. The van der Waals surface area contributed by atoms with E-state index in [0.29, 0.717) is 18.0 Å². The highest BCUT2D eigenvalue weighted by molar-refractivity contribution is 8.14. The van der Waals surface area contributed by atoms with Gasteiger partial charge in [0.2, 0.25) is 0 Å². The van der Waals surface area contributed by atoms with E-state index in [0.717, 1.165) is 10.9 Å². The minimum absolute atomic E-state index is 0.324. The highest BCUT2D eigenvalue weighted by atomic mass is 32.2. The molecule has 1 N–H and O–H groups in total. The van der Waals surface area contributed by atoms with Gasteiger partial charge in [-0.05, 0) is 31.5 Å². The van der Waals surface area contributed by atoms with Crippen molar-refractivity contribution in [2.24, 2.45) is 10.9 Å². The number of benzene rings is 1. The van der Waals surface area contributed by atoms with Crippen molar-refractivity contribution < 1.29 is 0 Å². The van der Waals surface area contributed by atoms with Crippen LogP contribution >= 0.6 is 11.8 Å². The van der Waals surface area contributed by atoms with E-state index in [9.17, 15) is 0 Å². The first-order valence-electron chi connectivity index (χ1n) is 7.43. The molecule has 3 unspecified atom stereocenters. The predicted molar refractivity (Wildman–Crippen MR) is 87.3 cm³/mol. The van der Waals surface area contributed by atoms with Crippen molar-refractivity contribution >= 4 is 16.9 Å². The topological polar surface area (TPSA) is 27.6 Å². The van der Waals surface area contributed by atoms with Gasteiger partial charge in [-0.15, -0.1) is 0 Å². The van der Waals surface area contributed by atoms with Gasteiger partial charge in [0.05, 0.1) is 6.04 Å². The summed E-state index contributed by atoms with van der Waals surface area (Å²) in [5.41, 5.74) is 1.33. The number of likely N-dealkylation sites (tertiary alicyclic amines) is 1. The Morgan fingerprint density at radius 1 is 1.30 bits per heavy atom. The van der Waals surface area contributed by atoms with E-state index in [1.807, 2.05) is 11.8 Å². The lowest BCUT2D eigenvalue weighted by atomic mass is 9.94. The summed E-state index contributed by atoms with van der Waals surface area (Å²) < 4.78 is 0. The third-order valence-electron chi connectivity index (χ3n) is 4.25. The number of amidine groups is 1. The van der Waals surface area contributed by atoms with Crippen LogP contribution in [-0.2, 0) is 0 Å². The number of aliphatic imine (C=N–C) groups is 1. The monoisotopic (exact) mass is 289 g/mol. The maximum atomic E-state index is 4.86. The molecule has 0 aliphatic carbocycles. The van der Waals surface area contributed by atoms with Gasteiger partial charge in [0, 0.05) is 18.3 Å². The first kappa shape index (κ1) is 14.0. The summed E-state index contributed by atoms with van der Waals surface area (Å²) in [5.74, 6) is 1.75. The molecule has 0 radical (unpaired) electrons. The van der Waals surface area contributed by atoms with Crippen LogP contribution in [0, 0.1) is 5.92 Å². The van der Waals surface area contributed by atoms with Gasteiger partial charge in [-0.3, -0.25) is 4.99 Å². The fraction of sp³-hybridized carbons (Fsp3) is 0.562. The lowest BCUT2D eigenvalue weighted by Crippen LogP contribution is -2.48. The first-order valence-corrected chi connectivity index (χ1v) is 8.41. The third-order valence-corrected chi connectivity index (χ3v) is 5.23. The third kappa shape index (κ3) is 3.18. The van der Waals surface area contributed by atoms with E-state index in [2.05, 4.69) is 54.5 Å².